The van der Waals surface area contributed by atoms with Crippen molar-refractivity contribution in [3.8, 4) is 5.75 Å². The molecule has 4 rings (SSSR count). The highest BCUT2D eigenvalue weighted by atomic mass is 19.1. The van der Waals surface area contributed by atoms with Gasteiger partial charge in [0.1, 0.15) is 23.7 Å². The number of nitrogens with zero attached hydrogens (tertiary/aromatic N) is 3. The number of aromatic nitrogens is 4. The summed E-state index contributed by atoms with van der Waals surface area (Å²) < 4.78 is 19.1. The molecule has 0 aliphatic heterocycles. The van der Waals surface area contributed by atoms with Gasteiger partial charge in [-0.2, -0.15) is 5.10 Å². The minimum absolute atomic E-state index is 0.0503. The second-order valence-corrected chi connectivity index (χ2v) is 7.67. The first-order valence-electron chi connectivity index (χ1n) is 11.0. The highest BCUT2D eigenvalue weighted by molar-refractivity contribution is 5.93. The molecular weight excluding hydrogens is 439 g/mol. The molecule has 10 heteroatoms. The molecule has 0 spiro atoms. The molecule has 0 aliphatic rings. The van der Waals surface area contributed by atoms with Gasteiger partial charge in [-0.25, -0.2) is 14.4 Å². The van der Waals surface area contributed by atoms with E-state index < -0.39 is 5.82 Å². The van der Waals surface area contributed by atoms with Gasteiger partial charge in [0.2, 0.25) is 5.91 Å². The third-order valence-corrected chi connectivity index (χ3v) is 5.02. The molecular formula is C24H25FN6O3. The lowest BCUT2D eigenvalue weighted by atomic mass is 10.2. The zero-order valence-electron chi connectivity index (χ0n) is 18.4. The minimum atomic E-state index is -0.417. The Morgan fingerprint density at radius 1 is 1.09 bits per heavy atom. The fourth-order valence-electron chi connectivity index (χ4n) is 3.39. The zero-order chi connectivity index (χ0) is 23.8. The van der Waals surface area contributed by atoms with Gasteiger partial charge in [0.15, 0.2) is 5.82 Å². The molecule has 0 fully saturated rings. The number of carbonyl (C=O) groups excluding carboxylic acids is 1. The van der Waals surface area contributed by atoms with Crippen LogP contribution in [0.4, 0.5) is 21.7 Å². The molecule has 0 aliphatic carbocycles. The van der Waals surface area contributed by atoms with Crippen molar-refractivity contribution in [1.82, 2.24) is 20.2 Å². The van der Waals surface area contributed by atoms with E-state index in [9.17, 15) is 9.18 Å². The fourth-order valence-corrected chi connectivity index (χ4v) is 3.39. The summed E-state index contributed by atoms with van der Waals surface area (Å²) in [4.78, 5) is 20.9. The number of unbranched alkanes of at least 4 members (excludes halogenated alkanes) is 2. The number of halogens is 1. The maximum atomic E-state index is 13.3. The zero-order valence-corrected chi connectivity index (χ0v) is 18.4. The summed E-state index contributed by atoms with van der Waals surface area (Å²) in [5, 5.41) is 22.4. The predicted octanol–water partition coefficient (Wildman–Crippen LogP) is 3.96. The number of amides is 1. The molecule has 0 radical (unpaired) electrons. The second kappa shape index (κ2) is 11.2. The average molecular weight is 465 g/mol. The predicted molar refractivity (Wildman–Crippen MR) is 127 cm³/mol. The molecule has 2 aromatic carbocycles. The summed E-state index contributed by atoms with van der Waals surface area (Å²) in [6.07, 6.45) is 4.07. The van der Waals surface area contributed by atoms with E-state index in [1.165, 1.54) is 24.5 Å². The third-order valence-electron chi connectivity index (χ3n) is 5.02. The largest absolute Gasteiger partial charge is 0.494 e. The van der Waals surface area contributed by atoms with Gasteiger partial charge in [-0.3, -0.25) is 9.89 Å². The molecule has 9 nitrogen and oxygen atoms in total. The van der Waals surface area contributed by atoms with Crippen LogP contribution in [0.2, 0.25) is 0 Å². The second-order valence-electron chi connectivity index (χ2n) is 7.67. The molecule has 4 aromatic rings. The van der Waals surface area contributed by atoms with Crippen LogP contribution >= 0.6 is 0 Å². The molecule has 34 heavy (non-hydrogen) atoms. The maximum absolute atomic E-state index is 13.3. The van der Waals surface area contributed by atoms with Crippen molar-refractivity contribution in [2.24, 2.45) is 0 Å². The molecule has 1 amide bonds. The summed E-state index contributed by atoms with van der Waals surface area (Å²) in [5.74, 6) is 1.07. The van der Waals surface area contributed by atoms with Crippen molar-refractivity contribution in [3.63, 3.8) is 0 Å². The van der Waals surface area contributed by atoms with E-state index in [1.807, 2.05) is 18.2 Å². The van der Waals surface area contributed by atoms with E-state index in [0.717, 1.165) is 30.2 Å². The Bertz CT molecular complexity index is 1260. The van der Waals surface area contributed by atoms with Crippen LogP contribution in [0.5, 0.6) is 5.75 Å². The standard InChI is InChI=1S/C24H25FN6O3/c25-16-5-4-6-17(11-16)28-23(33)13-18-12-22(31-30-18)29-24-20-8-7-19(14-21(20)26-15-27-24)34-10-3-1-2-9-32/h4-8,11-12,14-15,32H,1-3,9-10,13H2,(H,28,33)(H2,26,27,29,30,31). The Morgan fingerprint density at radius 3 is 2.85 bits per heavy atom. The summed E-state index contributed by atoms with van der Waals surface area (Å²) >= 11 is 0. The van der Waals surface area contributed by atoms with Crippen molar-refractivity contribution in [1.29, 1.82) is 0 Å². The van der Waals surface area contributed by atoms with Crippen molar-refractivity contribution < 1.29 is 19.0 Å². The Balaban J connectivity index is 1.37. The molecule has 0 bridgehead atoms. The number of ether oxygens (including phenoxy) is 1. The van der Waals surface area contributed by atoms with Crippen molar-refractivity contribution in [2.75, 3.05) is 23.8 Å². The van der Waals surface area contributed by atoms with Gasteiger partial charge < -0.3 is 20.5 Å². The molecule has 176 valence electrons. The monoisotopic (exact) mass is 464 g/mol. The number of anilines is 3. The number of hydrogen-bond donors (Lipinski definition) is 4. The Morgan fingerprint density at radius 2 is 2.00 bits per heavy atom. The van der Waals surface area contributed by atoms with E-state index in [0.29, 0.717) is 35.4 Å². The Hall–Kier alpha value is -4.05. The normalized spacial score (nSPS) is 10.9. The first-order chi connectivity index (χ1) is 16.6. The van der Waals surface area contributed by atoms with E-state index in [4.69, 9.17) is 9.84 Å². The Labute approximate surface area is 195 Å². The summed E-state index contributed by atoms with van der Waals surface area (Å²) in [7, 11) is 0. The van der Waals surface area contributed by atoms with Crippen LogP contribution in [0.3, 0.4) is 0 Å². The number of benzene rings is 2. The third kappa shape index (κ3) is 6.26. The molecule has 2 heterocycles. The van der Waals surface area contributed by atoms with E-state index in [1.54, 1.807) is 12.1 Å². The van der Waals surface area contributed by atoms with Gasteiger partial charge in [0.05, 0.1) is 18.5 Å². The van der Waals surface area contributed by atoms with Gasteiger partial charge in [-0.05, 0) is 49.6 Å². The fraction of sp³-hybridized carbons (Fsp3) is 0.250. The number of hydrogen-bond acceptors (Lipinski definition) is 7. The molecule has 2 aromatic heterocycles. The average Bonchev–Trinajstić information content (AvgIpc) is 3.25. The first-order valence-corrected chi connectivity index (χ1v) is 11.0. The number of H-pyrrole nitrogens is 1. The van der Waals surface area contributed by atoms with Gasteiger partial charge in [-0.15, -0.1) is 0 Å². The lowest BCUT2D eigenvalue weighted by Gasteiger charge is -2.09. The molecule has 0 unspecified atom stereocenters. The van der Waals surface area contributed by atoms with E-state index >= 15 is 0 Å². The molecule has 0 atom stereocenters. The van der Waals surface area contributed by atoms with Crippen LogP contribution in [0.25, 0.3) is 10.9 Å². The van der Waals surface area contributed by atoms with Crippen LogP contribution in [0, 0.1) is 5.82 Å². The van der Waals surface area contributed by atoms with Crippen LogP contribution in [-0.4, -0.2) is 44.4 Å². The number of aliphatic hydroxyl groups excluding tert-OH is 1. The number of nitrogens with one attached hydrogen (secondary N) is 3. The summed E-state index contributed by atoms with van der Waals surface area (Å²) in [5.41, 5.74) is 1.70. The topological polar surface area (TPSA) is 125 Å². The lowest BCUT2D eigenvalue weighted by Crippen LogP contribution is -2.14. The highest BCUT2D eigenvalue weighted by Crippen LogP contribution is 2.26. The van der Waals surface area contributed by atoms with Gasteiger partial charge >= 0.3 is 0 Å². The quantitative estimate of drug-likeness (QED) is 0.248. The van der Waals surface area contributed by atoms with Crippen molar-refractivity contribution in [3.05, 3.63) is 66.4 Å². The minimum Gasteiger partial charge on any atom is -0.494 e. The number of aromatic amines is 1. The number of rotatable bonds is 11. The smallest absolute Gasteiger partial charge is 0.230 e. The number of aliphatic hydroxyl groups is 1. The van der Waals surface area contributed by atoms with Gasteiger partial charge in [0, 0.05) is 35.5 Å². The molecule has 0 saturated carbocycles. The number of carbonyl (C=O) groups is 1. The Kier molecular flexibility index (Phi) is 7.61. The van der Waals surface area contributed by atoms with E-state index in [2.05, 4.69) is 30.8 Å². The SMILES string of the molecule is O=C(Cc1cc(Nc2ncnc3cc(OCCCCCO)ccc23)n[nH]1)Nc1cccc(F)c1. The van der Waals surface area contributed by atoms with Crippen LogP contribution < -0.4 is 15.4 Å². The summed E-state index contributed by atoms with van der Waals surface area (Å²) in [6, 6.07) is 13.0. The molecule has 0 saturated heterocycles. The van der Waals surface area contributed by atoms with E-state index in [-0.39, 0.29) is 18.9 Å². The van der Waals surface area contributed by atoms with Crippen LogP contribution in [0.15, 0.2) is 54.9 Å². The first kappa shape index (κ1) is 23.1. The van der Waals surface area contributed by atoms with Crippen molar-refractivity contribution in [2.45, 2.75) is 25.7 Å². The highest BCUT2D eigenvalue weighted by Gasteiger charge is 2.11. The van der Waals surface area contributed by atoms with Gasteiger partial charge in [0.25, 0.3) is 0 Å². The lowest BCUT2D eigenvalue weighted by molar-refractivity contribution is -0.115. The van der Waals surface area contributed by atoms with Crippen LogP contribution in [0.1, 0.15) is 25.0 Å². The van der Waals surface area contributed by atoms with Crippen molar-refractivity contribution >= 4 is 34.1 Å². The number of fused-ring (bicyclic) bond motifs is 1. The maximum Gasteiger partial charge on any atom is 0.230 e. The molecule has 4 N–H and O–H groups in total. The van der Waals surface area contributed by atoms with Gasteiger partial charge in [-0.1, -0.05) is 6.07 Å². The van der Waals surface area contributed by atoms with Crippen LogP contribution in [-0.2, 0) is 11.2 Å². The summed E-state index contributed by atoms with van der Waals surface area (Å²) in [6.45, 7) is 0.771.